The average Bonchev–Trinajstić information content (AvgIpc) is 4.11. The van der Waals surface area contributed by atoms with Crippen LogP contribution < -0.4 is 0 Å². The molecular formula is C65H39N5O. The zero-order chi connectivity index (χ0) is 46.6. The van der Waals surface area contributed by atoms with Crippen LogP contribution in [0.2, 0.25) is 0 Å². The van der Waals surface area contributed by atoms with Crippen molar-refractivity contribution in [2.45, 2.75) is 0 Å². The van der Waals surface area contributed by atoms with Gasteiger partial charge in [-0.3, -0.25) is 0 Å². The number of hydrogen-bond donors (Lipinski definition) is 0. The number of furan rings is 1. The normalized spacial score (nSPS) is 11.9. The van der Waals surface area contributed by atoms with Gasteiger partial charge in [0.05, 0.1) is 27.8 Å². The van der Waals surface area contributed by atoms with Crippen LogP contribution in [0.25, 0.3) is 144 Å². The quantitative estimate of drug-likeness (QED) is 0.167. The van der Waals surface area contributed by atoms with E-state index in [1.807, 2.05) is 6.07 Å². The second-order valence-corrected chi connectivity index (χ2v) is 18.3. The first-order chi connectivity index (χ1) is 35.2. The molecule has 0 saturated carbocycles. The number of para-hydroxylation sites is 3. The van der Waals surface area contributed by atoms with Crippen molar-refractivity contribution in [2.75, 3.05) is 0 Å². The Kier molecular flexibility index (Phi) is 8.56. The molecule has 330 valence electrons. The molecule has 4 aromatic heterocycles. The van der Waals surface area contributed by atoms with E-state index in [2.05, 4.69) is 240 Å². The Labute approximate surface area is 407 Å². The largest absolute Gasteiger partial charge is 0.453 e. The fourth-order valence-electron chi connectivity index (χ4n) is 11.1. The first kappa shape index (κ1) is 39.4. The summed E-state index contributed by atoms with van der Waals surface area (Å²) in [7, 11) is 0. The van der Waals surface area contributed by atoms with E-state index < -0.39 is 0 Å². The highest BCUT2D eigenvalue weighted by Crippen LogP contribution is 2.45. The van der Waals surface area contributed by atoms with E-state index in [1.165, 1.54) is 21.5 Å². The first-order valence-electron chi connectivity index (χ1n) is 24.0. The van der Waals surface area contributed by atoms with E-state index in [-0.39, 0.29) is 0 Å². The molecule has 4 heterocycles. The number of rotatable bonds is 6. The van der Waals surface area contributed by atoms with E-state index >= 15 is 0 Å². The minimum absolute atomic E-state index is 0.558. The fraction of sp³-hybridized carbons (Fsp3) is 0. The Balaban J connectivity index is 1.02. The maximum atomic E-state index is 7.30. The van der Waals surface area contributed by atoms with Gasteiger partial charge in [0.2, 0.25) is 0 Å². The Bertz CT molecular complexity index is 4640. The highest BCUT2D eigenvalue weighted by atomic mass is 16.3. The standard InChI is InChI=1S/C65H39N5O/c1-3-16-40(17-4-1)42-21-15-22-45(36-42)63-66-64(46-31-34-57-53(38-46)49-26-11-13-28-55(49)69(57)47-23-5-2-6-24-47)68-65(67-63)52-33-35-58(62-60(52)51-32-30-41-18-9-10-25-48(41)61(51)71-62)70-56-29-14-12-27-50(56)54-37-43-19-7-8-20-44(43)39-59(54)70/h1-39H. The van der Waals surface area contributed by atoms with E-state index in [1.54, 1.807) is 0 Å². The summed E-state index contributed by atoms with van der Waals surface area (Å²) in [5.41, 5.74) is 12.9. The van der Waals surface area contributed by atoms with E-state index in [0.29, 0.717) is 17.5 Å². The summed E-state index contributed by atoms with van der Waals surface area (Å²) >= 11 is 0. The van der Waals surface area contributed by atoms with Crippen molar-refractivity contribution >= 4 is 87.1 Å². The van der Waals surface area contributed by atoms with Gasteiger partial charge in [-0.2, -0.15) is 0 Å². The molecule has 6 nitrogen and oxygen atoms in total. The zero-order valence-electron chi connectivity index (χ0n) is 38.2. The number of fused-ring (bicyclic) bond motifs is 12. The molecule has 0 aliphatic carbocycles. The lowest BCUT2D eigenvalue weighted by molar-refractivity contribution is 0.670. The van der Waals surface area contributed by atoms with Crippen molar-refractivity contribution in [2.24, 2.45) is 0 Å². The summed E-state index contributed by atoms with van der Waals surface area (Å²) in [5, 5.41) is 11.1. The molecule has 0 spiro atoms. The van der Waals surface area contributed by atoms with Gasteiger partial charge >= 0.3 is 0 Å². The lowest BCUT2D eigenvalue weighted by Gasteiger charge is -2.13. The number of nitrogens with zero attached hydrogens (tertiary/aromatic N) is 5. The van der Waals surface area contributed by atoms with Gasteiger partial charge in [0.1, 0.15) is 5.58 Å². The van der Waals surface area contributed by atoms with Crippen LogP contribution in [0, 0.1) is 0 Å². The Morgan fingerprint density at radius 1 is 0.296 bits per heavy atom. The minimum atomic E-state index is 0.558. The van der Waals surface area contributed by atoms with Crippen LogP contribution in [0.5, 0.6) is 0 Å². The van der Waals surface area contributed by atoms with Crippen molar-refractivity contribution in [3.63, 3.8) is 0 Å². The predicted molar refractivity (Wildman–Crippen MR) is 293 cm³/mol. The van der Waals surface area contributed by atoms with Crippen molar-refractivity contribution in [1.29, 1.82) is 0 Å². The maximum absolute atomic E-state index is 7.30. The lowest BCUT2D eigenvalue weighted by Crippen LogP contribution is -2.01. The molecular weight excluding hydrogens is 867 g/mol. The molecule has 0 unspecified atom stereocenters. The topological polar surface area (TPSA) is 61.7 Å². The van der Waals surface area contributed by atoms with Gasteiger partial charge in [-0.1, -0.05) is 158 Å². The highest BCUT2D eigenvalue weighted by molar-refractivity contribution is 6.22. The van der Waals surface area contributed by atoms with Crippen LogP contribution in [0.3, 0.4) is 0 Å². The van der Waals surface area contributed by atoms with Gasteiger partial charge in [0.15, 0.2) is 23.1 Å². The highest BCUT2D eigenvalue weighted by Gasteiger charge is 2.25. The van der Waals surface area contributed by atoms with E-state index in [4.69, 9.17) is 19.4 Å². The van der Waals surface area contributed by atoms with Crippen molar-refractivity contribution in [1.82, 2.24) is 24.1 Å². The lowest BCUT2D eigenvalue weighted by atomic mass is 10.0. The summed E-state index contributed by atoms with van der Waals surface area (Å²) in [6.07, 6.45) is 0. The maximum Gasteiger partial charge on any atom is 0.164 e. The molecule has 0 aliphatic rings. The van der Waals surface area contributed by atoms with E-state index in [0.717, 1.165) is 105 Å². The summed E-state index contributed by atoms with van der Waals surface area (Å²) in [4.78, 5) is 16.3. The SMILES string of the molecule is c1ccc(-c2cccc(-c3nc(-c4ccc5c(c4)c4ccccc4n5-c4ccccc4)nc(-c4ccc(-n5c6ccccc6c6cc7ccccc7cc65)c5oc6c7ccccc7ccc6c45)n3)c2)cc1. The Morgan fingerprint density at radius 3 is 1.65 bits per heavy atom. The Morgan fingerprint density at radius 2 is 0.873 bits per heavy atom. The first-order valence-corrected chi connectivity index (χ1v) is 24.0. The summed E-state index contributed by atoms with van der Waals surface area (Å²) < 4.78 is 12.0. The average molecular weight is 906 g/mol. The molecule has 0 N–H and O–H groups in total. The van der Waals surface area contributed by atoms with Crippen molar-refractivity contribution in [3.05, 3.63) is 237 Å². The van der Waals surface area contributed by atoms with Gasteiger partial charge in [-0.25, -0.2) is 15.0 Å². The summed E-state index contributed by atoms with van der Waals surface area (Å²) in [5.74, 6) is 1.72. The molecule has 71 heavy (non-hydrogen) atoms. The molecule has 15 aromatic rings. The van der Waals surface area contributed by atoms with Crippen LogP contribution in [-0.4, -0.2) is 24.1 Å². The molecule has 6 heteroatoms. The van der Waals surface area contributed by atoms with Crippen LogP contribution in [0.4, 0.5) is 0 Å². The van der Waals surface area contributed by atoms with Gasteiger partial charge < -0.3 is 13.6 Å². The third kappa shape index (κ3) is 6.11. The zero-order valence-corrected chi connectivity index (χ0v) is 38.2. The summed E-state index contributed by atoms with van der Waals surface area (Å²) in [6, 6.07) is 83.8. The molecule has 0 atom stereocenters. The molecule has 0 fully saturated rings. The second kappa shape index (κ2) is 15.4. The molecule has 0 saturated heterocycles. The number of aromatic nitrogens is 5. The molecule has 0 aliphatic heterocycles. The molecule has 15 rings (SSSR count). The molecule has 0 radical (unpaired) electrons. The van der Waals surface area contributed by atoms with Gasteiger partial charge in [-0.05, 0) is 106 Å². The van der Waals surface area contributed by atoms with Crippen LogP contribution >= 0.6 is 0 Å². The predicted octanol–water partition coefficient (Wildman–Crippen LogP) is 16.9. The number of benzene rings is 11. The second-order valence-electron chi connectivity index (χ2n) is 18.3. The molecule has 0 amide bonds. The smallest absolute Gasteiger partial charge is 0.164 e. The molecule has 11 aromatic carbocycles. The minimum Gasteiger partial charge on any atom is -0.453 e. The summed E-state index contributed by atoms with van der Waals surface area (Å²) in [6.45, 7) is 0. The van der Waals surface area contributed by atoms with Gasteiger partial charge in [0.25, 0.3) is 0 Å². The third-order valence-electron chi connectivity index (χ3n) is 14.3. The third-order valence-corrected chi connectivity index (χ3v) is 14.3. The van der Waals surface area contributed by atoms with Gasteiger partial charge in [-0.15, -0.1) is 0 Å². The monoisotopic (exact) mass is 905 g/mol. The van der Waals surface area contributed by atoms with Crippen LogP contribution in [0.1, 0.15) is 0 Å². The van der Waals surface area contributed by atoms with Crippen molar-refractivity contribution in [3.8, 4) is 56.7 Å². The number of hydrogen-bond acceptors (Lipinski definition) is 4. The fourth-order valence-corrected chi connectivity index (χ4v) is 11.1. The van der Waals surface area contributed by atoms with Crippen LogP contribution in [0.15, 0.2) is 241 Å². The van der Waals surface area contributed by atoms with E-state index in [9.17, 15) is 0 Å². The van der Waals surface area contributed by atoms with Gasteiger partial charge in [0, 0.05) is 60.1 Å². The van der Waals surface area contributed by atoms with Crippen molar-refractivity contribution < 1.29 is 4.42 Å². The Hall–Kier alpha value is -9.65. The molecule has 0 bridgehead atoms. The van der Waals surface area contributed by atoms with Crippen LogP contribution in [-0.2, 0) is 0 Å².